The molecule has 0 aromatic heterocycles. The average molecular weight is 445 g/mol. The van der Waals surface area contributed by atoms with E-state index in [1.807, 2.05) is 13.8 Å². The van der Waals surface area contributed by atoms with Crippen LogP contribution >= 0.6 is 0 Å². The third-order valence-corrected chi connectivity index (χ3v) is 10.6. The summed E-state index contributed by atoms with van der Waals surface area (Å²) in [6.45, 7) is 13.1. The summed E-state index contributed by atoms with van der Waals surface area (Å²) in [6, 6.07) is 0. The molecule has 0 saturated heterocycles. The van der Waals surface area contributed by atoms with Crippen LogP contribution in [-0.2, 0) is 9.53 Å². The fourth-order valence-corrected chi connectivity index (χ4v) is 9.00. The Morgan fingerprint density at radius 2 is 1.94 bits per heavy atom. The van der Waals surface area contributed by atoms with Gasteiger partial charge in [0.15, 0.2) is 0 Å². The topological polar surface area (TPSA) is 46.5 Å². The van der Waals surface area contributed by atoms with E-state index in [1.54, 1.807) is 12.5 Å². The van der Waals surface area contributed by atoms with Crippen LogP contribution in [0.5, 0.6) is 0 Å². The molecule has 0 heterocycles. The Hall–Kier alpha value is -0.830. The van der Waals surface area contributed by atoms with Gasteiger partial charge in [-0.3, -0.25) is 4.79 Å². The first-order valence-electron chi connectivity index (χ1n) is 13.5. The molecule has 3 heteroatoms. The van der Waals surface area contributed by atoms with Crippen molar-refractivity contribution in [3.05, 3.63) is 11.6 Å². The van der Waals surface area contributed by atoms with Gasteiger partial charge in [-0.15, -0.1) is 0 Å². The second kappa shape index (κ2) is 8.75. The van der Waals surface area contributed by atoms with Crippen LogP contribution in [0.3, 0.4) is 0 Å². The smallest absolute Gasteiger partial charge is 0.302 e. The van der Waals surface area contributed by atoms with E-state index in [0.29, 0.717) is 10.8 Å². The number of ether oxygens (including phenoxy) is 1. The van der Waals surface area contributed by atoms with E-state index in [2.05, 4.69) is 26.8 Å². The number of allylic oxidation sites excluding steroid dienone is 1. The minimum absolute atomic E-state index is 0.0952. The highest BCUT2D eigenvalue weighted by atomic mass is 16.5. The number of hydrogen-bond donors (Lipinski definition) is 1. The van der Waals surface area contributed by atoms with Gasteiger partial charge in [-0.05, 0) is 106 Å². The molecule has 0 radical (unpaired) electrons. The van der Waals surface area contributed by atoms with E-state index in [4.69, 9.17) is 4.74 Å². The minimum atomic E-state index is -0.532. The van der Waals surface area contributed by atoms with Crippen molar-refractivity contribution in [1.82, 2.24) is 0 Å². The van der Waals surface area contributed by atoms with Gasteiger partial charge < -0.3 is 9.84 Å². The predicted octanol–water partition coefficient (Wildman–Crippen LogP) is 7.07. The van der Waals surface area contributed by atoms with E-state index in [-0.39, 0.29) is 12.1 Å². The maximum absolute atomic E-state index is 11.5. The van der Waals surface area contributed by atoms with Crippen molar-refractivity contribution in [2.45, 2.75) is 124 Å². The van der Waals surface area contributed by atoms with Crippen LogP contribution in [0.2, 0.25) is 0 Å². The van der Waals surface area contributed by atoms with Gasteiger partial charge in [0.1, 0.15) is 6.10 Å². The molecule has 0 aromatic rings. The third kappa shape index (κ3) is 4.44. The molecule has 32 heavy (non-hydrogen) atoms. The summed E-state index contributed by atoms with van der Waals surface area (Å²) in [5.74, 6) is 3.98. The van der Waals surface area contributed by atoms with E-state index in [9.17, 15) is 9.90 Å². The molecule has 3 fully saturated rings. The molecule has 4 aliphatic rings. The summed E-state index contributed by atoms with van der Waals surface area (Å²) in [7, 11) is 0. The molecule has 182 valence electrons. The van der Waals surface area contributed by atoms with Crippen molar-refractivity contribution in [2.75, 3.05) is 0 Å². The minimum Gasteiger partial charge on any atom is -0.462 e. The zero-order chi connectivity index (χ0) is 23.3. The van der Waals surface area contributed by atoms with Crippen LogP contribution in [0.1, 0.15) is 112 Å². The summed E-state index contributed by atoms with van der Waals surface area (Å²) in [5, 5.41) is 10.1. The van der Waals surface area contributed by atoms with Gasteiger partial charge in [0, 0.05) is 13.3 Å². The number of carbonyl (C=O) groups is 1. The molecule has 0 spiro atoms. The van der Waals surface area contributed by atoms with Gasteiger partial charge in [-0.1, -0.05) is 45.3 Å². The van der Waals surface area contributed by atoms with E-state index < -0.39 is 5.60 Å². The fourth-order valence-electron chi connectivity index (χ4n) is 9.00. The standard InChI is InChI=1S/C29H48O3/c1-19(8-7-15-27(3,4)31)24-11-12-25-23-10-9-21-18-22(32-20(2)30)13-16-28(21,5)26(23)14-17-29(24,25)6/h9,19,22-26,31H,7-8,10-18H2,1-6H3/t19-,22-,23-,24+,25-,26-,28-,29+/m0/s1. The normalized spacial score (nSPS) is 42.3. The van der Waals surface area contributed by atoms with Gasteiger partial charge >= 0.3 is 5.97 Å². The molecule has 1 N–H and O–H groups in total. The lowest BCUT2D eigenvalue weighted by molar-refractivity contribution is -0.148. The molecule has 0 amide bonds. The van der Waals surface area contributed by atoms with E-state index in [0.717, 1.165) is 55.3 Å². The largest absolute Gasteiger partial charge is 0.462 e. The Labute approximate surface area is 196 Å². The van der Waals surface area contributed by atoms with Crippen LogP contribution in [-0.4, -0.2) is 22.8 Å². The number of fused-ring (bicyclic) bond motifs is 5. The number of carbonyl (C=O) groups excluding carboxylic acids is 1. The molecule has 3 saturated carbocycles. The summed E-state index contributed by atoms with van der Waals surface area (Å²) in [5.41, 5.74) is 1.87. The van der Waals surface area contributed by atoms with E-state index in [1.165, 1.54) is 44.9 Å². The van der Waals surface area contributed by atoms with Crippen LogP contribution in [0.4, 0.5) is 0 Å². The lowest BCUT2D eigenvalue weighted by Crippen LogP contribution is -2.51. The second-order valence-electron chi connectivity index (χ2n) is 13.1. The first-order valence-corrected chi connectivity index (χ1v) is 13.5. The Morgan fingerprint density at radius 1 is 1.19 bits per heavy atom. The number of rotatable bonds is 6. The first-order chi connectivity index (χ1) is 14.9. The maximum atomic E-state index is 11.5. The molecule has 0 unspecified atom stereocenters. The summed E-state index contributed by atoms with van der Waals surface area (Å²) >= 11 is 0. The highest BCUT2D eigenvalue weighted by Crippen LogP contribution is 2.67. The molecule has 3 nitrogen and oxygen atoms in total. The Kier molecular flexibility index (Phi) is 6.64. The molecular weight excluding hydrogens is 396 g/mol. The molecule has 8 atom stereocenters. The van der Waals surface area contributed by atoms with Crippen LogP contribution in [0, 0.1) is 40.4 Å². The number of hydrogen-bond acceptors (Lipinski definition) is 3. The molecular formula is C29H48O3. The molecule has 0 aliphatic heterocycles. The zero-order valence-corrected chi connectivity index (χ0v) is 21.6. The third-order valence-electron chi connectivity index (χ3n) is 10.6. The number of aliphatic hydroxyl groups is 1. The highest BCUT2D eigenvalue weighted by molar-refractivity contribution is 5.66. The molecule has 4 aliphatic carbocycles. The Morgan fingerprint density at radius 3 is 2.62 bits per heavy atom. The highest BCUT2D eigenvalue weighted by Gasteiger charge is 2.59. The van der Waals surface area contributed by atoms with Crippen molar-refractivity contribution < 1.29 is 14.6 Å². The van der Waals surface area contributed by atoms with Crippen molar-refractivity contribution in [3.63, 3.8) is 0 Å². The SMILES string of the molecule is CC(=O)O[C@H]1CC[C@@]2(C)C(=CC[C@H]3[C@@H]4CC[C@H]([C@@H](C)CCCC(C)(C)O)[C@@]4(C)CC[C@@H]32)C1. The first kappa shape index (κ1) is 24.3. The van der Waals surface area contributed by atoms with Crippen LogP contribution in [0.15, 0.2) is 11.6 Å². The molecule has 4 rings (SSSR count). The van der Waals surface area contributed by atoms with Gasteiger partial charge in [-0.2, -0.15) is 0 Å². The molecule has 0 aromatic carbocycles. The van der Waals surface area contributed by atoms with Crippen molar-refractivity contribution >= 4 is 5.97 Å². The maximum Gasteiger partial charge on any atom is 0.302 e. The summed E-state index contributed by atoms with van der Waals surface area (Å²) in [4.78, 5) is 11.5. The van der Waals surface area contributed by atoms with Crippen molar-refractivity contribution in [1.29, 1.82) is 0 Å². The quantitative estimate of drug-likeness (QED) is 0.352. The summed E-state index contributed by atoms with van der Waals surface area (Å²) < 4.78 is 5.60. The van der Waals surface area contributed by atoms with Gasteiger partial charge in [-0.25, -0.2) is 0 Å². The lowest BCUT2D eigenvalue weighted by atomic mass is 9.47. The number of esters is 1. The van der Waals surface area contributed by atoms with Crippen molar-refractivity contribution in [3.8, 4) is 0 Å². The Bertz CT molecular complexity index is 733. The second-order valence-corrected chi connectivity index (χ2v) is 13.1. The van der Waals surface area contributed by atoms with Gasteiger partial charge in [0.25, 0.3) is 0 Å². The fraction of sp³-hybridized carbons (Fsp3) is 0.897. The van der Waals surface area contributed by atoms with Crippen LogP contribution < -0.4 is 0 Å². The van der Waals surface area contributed by atoms with Crippen LogP contribution in [0.25, 0.3) is 0 Å². The zero-order valence-electron chi connectivity index (χ0n) is 21.6. The van der Waals surface area contributed by atoms with Gasteiger partial charge in [0.05, 0.1) is 5.60 Å². The monoisotopic (exact) mass is 444 g/mol. The van der Waals surface area contributed by atoms with Crippen molar-refractivity contribution in [2.24, 2.45) is 40.4 Å². The lowest BCUT2D eigenvalue weighted by Gasteiger charge is -2.58. The predicted molar refractivity (Wildman–Crippen MR) is 130 cm³/mol. The molecule has 0 bridgehead atoms. The van der Waals surface area contributed by atoms with Gasteiger partial charge in [0.2, 0.25) is 0 Å². The Balaban J connectivity index is 1.45. The average Bonchev–Trinajstić information content (AvgIpc) is 3.04. The summed E-state index contributed by atoms with van der Waals surface area (Å²) in [6.07, 6.45) is 15.9. The van der Waals surface area contributed by atoms with E-state index >= 15 is 0 Å².